The molecule has 0 spiro atoms. The highest BCUT2D eigenvalue weighted by Gasteiger charge is 2.19. The Bertz CT molecular complexity index is 350. The Morgan fingerprint density at radius 1 is 1.28 bits per heavy atom. The van der Waals surface area contributed by atoms with Crippen molar-refractivity contribution in [1.29, 1.82) is 0 Å². The van der Waals surface area contributed by atoms with Crippen LogP contribution in [0.5, 0.6) is 0 Å². The van der Waals surface area contributed by atoms with Crippen LogP contribution in [0.1, 0.15) is 64.6 Å². The third kappa shape index (κ3) is 3.35. The van der Waals surface area contributed by atoms with Gasteiger partial charge in [0.25, 0.3) is 0 Å². The molecule has 0 radical (unpaired) electrons. The molecule has 3 heteroatoms. The van der Waals surface area contributed by atoms with Crippen LogP contribution < -0.4 is 5.32 Å². The number of hydrogen-bond donors (Lipinski definition) is 1. The fourth-order valence-electron chi connectivity index (χ4n) is 3.00. The van der Waals surface area contributed by atoms with E-state index in [4.69, 9.17) is 0 Å². The second kappa shape index (κ2) is 6.37. The third-order valence-corrected chi connectivity index (χ3v) is 4.26. The maximum atomic E-state index is 4.26. The second-order valence-electron chi connectivity index (χ2n) is 5.95. The highest BCUT2D eigenvalue weighted by molar-refractivity contribution is 4.99. The molecule has 0 amide bonds. The predicted octanol–water partition coefficient (Wildman–Crippen LogP) is 3.52. The van der Waals surface area contributed by atoms with Gasteiger partial charge in [0.1, 0.15) is 0 Å². The zero-order valence-electron chi connectivity index (χ0n) is 12.0. The first kappa shape index (κ1) is 13.6. The summed E-state index contributed by atoms with van der Waals surface area (Å²) in [5.41, 5.74) is 1.30. The molecule has 1 fully saturated rings. The minimum Gasteiger partial charge on any atom is -0.331 e. The van der Waals surface area contributed by atoms with E-state index in [1.807, 2.05) is 12.5 Å². The molecule has 0 bridgehead atoms. The molecule has 102 valence electrons. The number of rotatable bonds is 5. The van der Waals surface area contributed by atoms with Crippen molar-refractivity contribution in [2.24, 2.45) is 5.92 Å². The molecule has 1 N–H and O–H groups in total. The summed E-state index contributed by atoms with van der Waals surface area (Å²) >= 11 is 0. The lowest BCUT2D eigenvalue weighted by atomic mass is 9.84. The van der Waals surface area contributed by atoms with Crippen molar-refractivity contribution in [2.45, 2.75) is 71.5 Å². The molecule has 0 aromatic carbocycles. The van der Waals surface area contributed by atoms with E-state index in [0.29, 0.717) is 12.1 Å². The van der Waals surface area contributed by atoms with Gasteiger partial charge < -0.3 is 9.88 Å². The van der Waals surface area contributed by atoms with Gasteiger partial charge in [-0.05, 0) is 39.5 Å². The average Bonchev–Trinajstić information content (AvgIpc) is 2.85. The Balaban J connectivity index is 1.84. The van der Waals surface area contributed by atoms with Crippen LogP contribution in [0.25, 0.3) is 0 Å². The summed E-state index contributed by atoms with van der Waals surface area (Å²) in [7, 11) is 0. The Labute approximate surface area is 111 Å². The van der Waals surface area contributed by atoms with Gasteiger partial charge in [-0.15, -0.1) is 0 Å². The summed E-state index contributed by atoms with van der Waals surface area (Å²) < 4.78 is 2.25. The van der Waals surface area contributed by atoms with Gasteiger partial charge in [0.15, 0.2) is 0 Å². The Morgan fingerprint density at radius 3 is 2.67 bits per heavy atom. The first-order valence-electron chi connectivity index (χ1n) is 7.42. The normalized spacial score (nSPS) is 19.3. The van der Waals surface area contributed by atoms with Crippen LogP contribution in [0, 0.1) is 5.92 Å². The molecule has 1 aromatic heterocycles. The maximum Gasteiger partial charge on any atom is 0.0951 e. The van der Waals surface area contributed by atoms with E-state index in [0.717, 1.165) is 12.5 Å². The summed E-state index contributed by atoms with van der Waals surface area (Å²) in [5.74, 6) is 0.870. The van der Waals surface area contributed by atoms with Gasteiger partial charge in [-0.25, -0.2) is 4.98 Å². The molecule has 1 atom stereocenters. The standard InChI is InChI=1S/C15H27N3/c1-12(2)18-11-16-9-15(18)10-17-13(3)14-7-5-4-6-8-14/h9,11-14,17H,4-8,10H2,1-3H3/t13-/m0/s1. The molecular formula is C15H27N3. The minimum atomic E-state index is 0.495. The molecule has 1 saturated carbocycles. The Hall–Kier alpha value is -0.830. The van der Waals surface area contributed by atoms with Crippen LogP contribution in [0.4, 0.5) is 0 Å². The Morgan fingerprint density at radius 2 is 2.00 bits per heavy atom. The lowest BCUT2D eigenvalue weighted by molar-refractivity contribution is 0.279. The maximum absolute atomic E-state index is 4.26. The SMILES string of the molecule is CC(C)n1cncc1CN[C@@H](C)C1CCCCC1. The molecule has 3 nitrogen and oxygen atoms in total. The molecule has 1 heterocycles. The summed E-state index contributed by atoms with van der Waals surface area (Å²) in [6, 6.07) is 1.12. The summed E-state index contributed by atoms with van der Waals surface area (Å²) in [6.45, 7) is 7.69. The fourth-order valence-corrected chi connectivity index (χ4v) is 3.00. The zero-order chi connectivity index (χ0) is 13.0. The quantitative estimate of drug-likeness (QED) is 0.865. The molecule has 1 aliphatic carbocycles. The van der Waals surface area contributed by atoms with Crippen molar-refractivity contribution in [3.05, 3.63) is 18.2 Å². The van der Waals surface area contributed by atoms with E-state index in [9.17, 15) is 0 Å². The van der Waals surface area contributed by atoms with Crippen molar-refractivity contribution < 1.29 is 0 Å². The molecule has 0 aliphatic heterocycles. The highest BCUT2D eigenvalue weighted by Crippen LogP contribution is 2.26. The first-order valence-corrected chi connectivity index (χ1v) is 7.42. The van der Waals surface area contributed by atoms with E-state index < -0.39 is 0 Å². The number of hydrogen-bond acceptors (Lipinski definition) is 2. The van der Waals surface area contributed by atoms with E-state index in [-0.39, 0.29) is 0 Å². The Kier molecular flexibility index (Phi) is 4.81. The van der Waals surface area contributed by atoms with Gasteiger partial charge in [0, 0.05) is 24.8 Å². The van der Waals surface area contributed by atoms with Crippen LogP contribution >= 0.6 is 0 Å². The summed E-state index contributed by atoms with van der Waals surface area (Å²) in [5, 5.41) is 3.69. The molecule has 0 saturated heterocycles. The van der Waals surface area contributed by atoms with Crippen molar-refractivity contribution in [2.75, 3.05) is 0 Å². The van der Waals surface area contributed by atoms with Crippen LogP contribution in [0.2, 0.25) is 0 Å². The van der Waals surface area contributed by atoms with Gasteiger partial charge in [-0.3, -0.25) is 0 Å². The van der Waals surface area contributed by atoms with Crippen molar-refractivity contribution in [3.8, 4) is 0 Å². The summed E-state index contributed by atoms with van der Waals surface area (Å²) in [4.78, 5) is 4.26. The topological polar surface area (TPSA) is 29.9 Å². The number of nitrogens with one attached hydrogen (secondary N) is 1. The largest absolute Gasteiger partial charge is 0.331 e. The lowest BCUT2D eigenvalue weighted by Gasteiger charge is -2.28. The van der Waals surface area contributed by atoms with Crippen molar-refractivity contribution >= 4 is 0 Å². The number of aromatic nitrogens is 2. The van der Waals surface area contributed by atoms with Crippen LogP contribution in [-0.2, 0) is 6.54 Å². The van der Waals surface area contributed by atoms with Crippen molar-refractivity contribution in [1.82, 2.24) is 14.9 Å². The van der Waals surface area contributed by atoms with Crippen LogP contribution in [0.3, 0.4) is 0 Å². The molecule has 18 heavy (non-hydrogen) atoms. The van der Waals surface area contributed by atoms with Gasteiger partial charge in [0.2, 0.25) is 0 Å². The van der Waals surface area contributed by atoms with Gasteiger partial charge in [-0.2, -0.15) is 0 Å². The first-order chi connectivity index (χ1) is 8.68. The number of imidazole rings is 1. The average molecular weight is 249 g/mol. The highest BCUT2D eigenvalue weighted by atomic mass is 15.1. The molecule has 1 aromatic rings. The van der Waals surface area contributed by atoms with E-state index in [1.54, 1.807) is 0 Å². The van der Waals surface area contributed by atoms with Crippen LogP contribution in [0.15, 0.2) is 12.5 Å². The predicted molar refractivity (Wildman–Crippen MR) is 75.5 cm³/mol. The second-order valence-corrected chi connectivity index (χ2v) is 5.95. The van der Waals surface area contributed by atoms with Crippen LogP contribution in [-0.4, -0.2) is 15.6 Å². The zero-order valence-corrected chi connectivity index (χ0v) is 12.0. The molecule has 0 unspecified atom stereocenters. The van der Waals surface area contributed by atoms with E-state index in [1.165, 1.54) is 37.8 Å². The third-order valence-electron chi connectivity index (χ3n) is 4.26. The smallest absolute Gasteiger partial charge is 0.0951 e. The van der Waals surface area contributed by atoms with Gasteiger partial charge in [0.05, 0.1) is 12.0 Å². The monoisotopic (exact) mass is 249 g/mol. The van der Waals surface area contributed by atoms with E-state index in [2.05, 4.69) is 35.6 Å². The lowest BCUT2D eigenvalue weighted by Crippen LogP contribution is -2.34. The summed E-state index contributed by atoms with van der Waals surface area (Å²) in [6.07, 6.45) is 11.0. The van der Waals surface area contributed by atoms with E-state index >= 15 is 0 Å². The number of nitrogens with zero attached hydrogens (tertiary/aromatic N) is 2. The molecular weight excluding hydrogens is 222 g/mol. The molecule has 1 aliphatic rings. The molecule has 2 rings (SSSR count). The minimum absolute atomic E-state index is 0.495. The van der Waals surface area contributed by atoms with Gasteiger partial charge >= 0.3 is 0 Å². The fraction of sp³-hybridized carbons (Fsp3) is 0.800. The van der Waals surface area contributed by atoms with Crippen molar-refractivity contribution in [3.63, 3.8) is 0 Å². The van der Waals surface area contributed by atoms with Gasteiger partial charge in [-0.1, -0.05) is 19.3 Å².